The maximum Gasteiger partial charge on any atom is 0.365 e. The lowest BCUT2D eigenvalue weighted by atomic mass is 10.3. The third-order valence-corrected chi connectivity index (χ3v) is 3.07. The SMILES string of the molecule is CCNC(=O)NC(N)=[NH+]c1nc2ccccc2s1. The number of carbonyl (C=O) groups excluding carboxylic acids is 1. The topological polar surface area (TPSA) is 94.0 Å². The van der Waals surface area contributed by atoms with Gasteiger partial charge in [0.05, 0.1) is 4.70 Å². The van der Waals surface area contributed by atoms with E-state index < -0.39 is 0 Å². The Morgan fingerprint density at radius 2 is 2.28 bits per heavy atom. The van der Waals surface area contributed by atoms with Crippen molar-refractivity contribution in [3.8, 4) is 0 Å². The number of aromatic nitrogens is 1. The van der Waals surface area contributed by atoms with Crippen LogP contribution in [0.5, 0.6) is 0 Å². The summed E-state index contributed by atoms with van der Waals surface area (Å²) >= 11 is 1.47. The van der Waals surface area contributed by atoms with Crippen LogP contribution in [0.15, 0.2) is 24.3 Å². The molecule has 1 aromatic heterocycles. The molecule has 0 aliphatic heterocycles. The van der Waals surface area contributed by atoms with Gasteiger partial charge in [-0.3, -0.25) is 0 Å². The van der Waals surface area contributed by atoms with Crippen LogP contribution in [-0.4, -0.2) is 23.5 Å². The van der Waals surface area contributed by atoms with Gasteiger partial charge in [0.25, 0.3) is 5.13 Å². The number of hydrogen-bond acceptors (Lipinski definition) is 3. The standard InChI is InChI=1S/C11H13N5OS/c1-2-13-10(17)15-9(12)16-11-14-7-5-3-4-6-8(7)18-11/h3-6H,2H2,1H3,(H4,12,13,14,15,16,17)/p+1. The summed E-state index contributed by atoms with van der Waals surface area (Å²) in [5.41, 5.74) is 6.56. The van der Waals surface area contributed by atoms with Crippen molar-refractivity contribution in [2.75, 3.05) is 6.54 Å². The first-order chi connectivity index (χ1) is 8.69. The molecule has 2 rings (SSSR count). The van der Waals surface area contributed by atoms with Crippen LogP contribution in [0.25, 0.3) is 10.2 Å². The number of nitrogens with two attached hydrogens (primary N) is 1. The van der Waals surface area contributed by atoms with Crippen molar-refractivity contribution < 1.29 is 9.79 Å². The maximum atomic E-state index is 11.2. The van der Waals surface area contributed by atoms with Gasteiger partial charge in [-0.25, -0.2) is 15.1 Å². The van der Waals surface area contributed by atoms with Crippen molar-refractivity contribution >= 4 is 38.7 Å². The van der Waals surface area contributed by atoms with Gasteiger partial charge in [-0.1, -0.05) is 23.5 Å². The number of rotatable bonds is 2. The van der Waals surface area contributed by atoms with E-state index in [-0.39, 0.29) is 12.0 Å². The largest absolute Gasteiger partial charge is 0.365 e. The summed E-state index contributed by atoms with van der Waals surface area (Å²) in [5.74, 6) is 0.153. The predicted molar refractivity (Wildman–Crippen MR) is 71.6 cm³/mol. The lowest BCUT2D eigenvalue weighted by Crippen LogP contribution is -2.74. The van der Waals surface area contributed by atoms with Crippen molar-refractivity contribution in [1.29, 1.82) is 0 Å². The summed E-state index contributed by atoms with van der Waals surface area (Å²) < 4.78 is 1.06. The zero-order valence-electron chi connectivity index (χ0n) is 9.86. The molecule has 0 aliphatic carbocycles. The van der Waals surface area contributed by atoms with E-state index in [0.717, 1.165) is 10.2 Å². The minimum atomic E-state index is -0.344. The Morgan fingerprint density at radius 1 is 1.50 bits per heavy atom. The van der Waals surface area contributed by atoms with Crippen LogP contribution in [0.2, 0.25) is 0 Å². The van der Waals surface area contributed by atoms with Crippen LogP contribution in [-0.2, 0) is 0 Å². The van der Waals surface area contributed by atoms with Crippen molar-refractivity contribution in [2.24, 2.45) is 5.73 Å². The average Bonchev–Trinajstić information content (AvgIpc) is 2.70. The molecule has 2 amide bonds. The van der Waals surface area contributed by atoms with Gasteiger partial charge in [-0.2, -0.15) is 0 Å². The van der Waals surface area contributed by atoms with E-state index in [9.17, 15) is 4.79 Å². The number of carbonyl (C=O) groups is 1. The first-order valence-electron chi connectivity index (χ1n) is 5.49. The van der Waals surface area contributed by atoms with E-state index in [1.54, 1.807) is 0 Å². The molecule has 7 heteroatoms. The van der Waals surface area contributed by atoms with Gasteiger partial charge in [0.1, 0.15) is 5.52 Å². The van der Waals surface area contributed by atoms with E-state index in [2.05, 4.69) is 20.6 Å². The van der Waals surface area contributed by atoms with Crippen molar-refractivity contribution in [2.45, 2.75) is 6.92 Å². The van der Waals surface area contributed by atoms with Crippen LogP contribution in [0.4, 0.5) is 9.93 Å². The second-order valence-electron chi connectivity index (χ2n) is 3.51. The third kappa shape index (κ3) is 2.95. The van der Waals surface area contributed by atoms with Gasteiger partial charge < -0.3 is 11.1 Å². The number of thiazole rings is 1. The highest BCUT2D eigenvalue weighted by molar-refractivity contribution is 7.21. The molecule has 0 spiro atoms. The summed E-state index contributed by atoms with van der Waals surface area (Å²) in [5, 5.41) is 5.70. The Balaban J connectivity index is 2.14. The summed E-state index contributed by atoms with van der Waals surface area (Å²) in [7, 11) is 0. The molecule has 2 aromatic rings. The maximum absolute atomic E-state index is 11.2. The van der Waals surface area contributed by atoms with Crippen molar-refractivity contribution in [3.63, 3.8) is 0 Å². The Hall–Kier alpha value is -2.15. The number of benzene rings is 1. The van der Waals surface area contributed by atoms with Crippen LogP contribution in [0.3, 0.4) is 0 Å². The molecule has 1 aromatic carbocycles. The molecule has 18 heavy (non-hydrogen) atoms. The Morgan fingerprint density at radius 3 is 3.00 bits per heavy atom. The minimum Gasteiger partial charge on any atom is -0.328 e. The Bertz CT molecular complexity index is 559. The molecule has 1 heterocycles. The molecule has 0 aliphatic rings. The van der Waals surface area contributed by atoms with E-state index in [4.69, 9.17) is 5.73 Å². The second-order valence-corrected chi connectivity index (χ2v) is 4.54. The summed E-state index contributed by atoms with van der Waals surface area (Å²) in [6.45, 7) is 2.37. The normalized spacial score (nSPS) is 11.5. The third-order valence-electron chi connectivity index (χ3n) is 2.12. The van der Waals surface area contributed by atoms with Crippen molar-refractivity contribution in [1.82, 2.24) is 15.6 Å². The molecule has 0 unspecified atom stereocenters. The number of hydrogen-bond donors (Lipinski definition) is 4. The van der Waals surface area contributed by atoms with Gasteiger partial charge in [0, 0.05) is 6.54 Å². The minimum absolute atomic E-state index is 0.153. The Labute approximate surface area is 108 Å². The molecule has 6 nitrogen and oxygen atoms in total. The quantitative estimate of drug-likeness (QED) is 0.441. The highest BCUT2D eigenvalue weighted by Gasteiger charge is 2.09. The number of nitrogens with zero attached hydrogens (tertiary/aromatic N) is 1. The summed E-state index contributed by atoms with van der Waals surface area (Å²) in [6, 6.07) is 7.43. The van der Waals surface area contributed by atoms with Gasteiger partial charge >= 0.3 is 12.0 Å². The molecular weight excluding hydrogens is 250 g/mol. The first-order valence-corrected chi connectivity index (χ1v) is 6.30. The molecule has 94 valence electrons. The highest BCUT2D eigenvalue weighted by Crippen LogP contribution is 2.21. The van der Waals surface area contributed by atoms with Crippen molar-refractivity contribution in [3.05, 3.63) is 24.3 Å². The average molecular weight is 264 g/mol. The first kappa shape index (κ1) is 12.3. The monoisotopic (exact) mass is 264 g/mol. The summed E-state index contributed by atoms with van der Waals surface area (Å²) in [6.07, 6.45) is 0. The molecule has 0 radical (unpaired) electrons. The summed E-state index contributed by atoms with van der Waals surface area (Å²) in [4.78, 5) is 18.4. The van der Waals surface area contributed by atoms with Crippen LogP contribution < -0.4 is 21.4 Å². The van der Waals surface area contributed by atoms with E-state index in [0.29, 0.717) is 11.7 Å². The molecule has 0 saturated heterocycles. The zero-order chi connectivity index (χ0) is 13.0. The van der Waals surface area contributed by atoms with Gasteiger partial charge in [0.15, 0.2) is 0 Å². The molecule has 0 fully saturated rings. The van der Waals surface area contributed by atoms with Gasteiger partial charge in [-0.15, -0.1) is 4.98 Å². The lowest BCUT2D eigenvalue weighted by molar-refractivity contribution is -0.356. The van der Waals surface area contributed by atoms with Gasteiger partial charge in [-0.05, 0) is 19.1 Å². The zero-order valence-corrected chi connectivity index (χ0v) is 10.7. The fourth-order valence-corrected chi connectivity index (χ4v) is 2.28. The van der Waals surface area contributed by atoms with Crippen LogP contribution >= 0.6 is 11.3 Å². The van der Waals surface area contributed by atoms with E-state index in [1.807, 2.05) is 31.2 Å². The van der Waals surface area contributed by atoms with Gasteiger partial charge in [0.2, 0.25) is 0 Å². The fourth-order valence-electron chi connectivity index (χ4n) is 1.40. The smallest absolute Gasteiger partial charge is 0.328 e. The molecule has 5 N–H and O–H groups in total. The number of guanidine groups is 1. The van der Waals surface area contributed by atoms with Crippen LogP contribution in [0.1, 0.15) is 6.92 Å². The molecule has 0 atom stereocenters. The molecular formula is C11H14N5OS+. The Kier molecular flexibility index (Phi) is 3.73. The number of urea groups is 1. The second kappa shape index (κ2) is 5.46. The van der Waals surface area contributed by atoms with E-state index in [1.165, 1.54) is 11.3 Å². The van der Waals surface area contributed by atoms with E-state index >= 15 is 0 Å². The number of nitrogens with one attached hydrogen (secondary N) is 3. The number of para-hydroxylation sites is 1. The highest BCUT2D eigenvalue weighted by atomic mass is 32.1. The number of fused-ring (bicyclic) bond motifs is 1. The predicted octanol–water partition coefficient (Wildman–Crippen LogP) is -0.358. The lowest BCUT2D eigenvalue weighted by Gasteiger charge is -1.98. The number of amides is 2. The fraction of sp³-hybridized carbons (Fsp3) is 0.182. The van der Waals surface area contributed by atoms with Crippen LogP contribution in [0, 0.1) is 0 Å². The molecule has 0 saturated carbocycles. The molecule has 0 bridgehead atoms.